The maximum absolute atomic E-state index is 13.6. The molecule has 0 amide bonds. The molecule has 5 nitrogen and oxygen atoms in total. The molecule has 0 aliphatic carbocycles. The third-order valence-electron chi connectivity index (χ3n) is 4.99. The molecule has 154 valence electrons. The Labute approximate surface area is 169 Å². The van der Waals surface area contributed by atoms with E-state index in [9.17, 15) is 13.2 Å². The first-order valence-electron chi connectivity index (χ1n) is 9.48. The molecule has 0 radical (unpaired) electrons. The average molecular weight is 414 g/mol. The van der Waals surface area contributed by atoms with E-state index in [-0.39, 0.29) is 18.7 Å². The van der Waals surface area contributed by atoms with Crippen molar-refractivity contribution in [1.29, 1.82) is 0 Å². The molecule has 8 heteroatoms. The lowest BCUT2D eigenvalue weighted by Gasteiger charge is -2.18. The Bertz CT molecular complexity index is 1230. The summed E-state index contributed by atoms with van der Waals surface area (Å²) in [6, 6.07) is 16.3. The Hall–Kier alpha value is -3.42. The molecular weight excluding hydrogens is 397 g/mol. The molecule has 0 bridgehead atoms. The van der Waals surface area contributed by atoms with E-state index in [1.807, 2.05) is 36.4 Å². The van der Waals surface area contributed by atoms with Crippen molar-refractivity contribution in [1.82, 2.24) is 9.55 Å². The Morgan fingerprint density at radius 3 is 2.50 bits per heavy atom. The molecule has 0 fully saturated rings. The van der Waals surface area contributed by atoms with Crippen molar-refractivity contribution in [2.24, 2.45) is 0 Å². The maximum Gasteiger partial charge on any atom is 0.449 e. The summed E-state index contributed by atoms with van der Waals surface area (Å²) in [5.74, 6) is 0.472. The molecule has 3 aromatic carbocycles. The van der Waals surface area contributed by atoms with Gasteiger partial charge in [-0.25, -0.2) is 4.98 Å². The quantitative estimate of drug-likeness (QED) is 0.468. The number of alkyl halides is 3. The van der Waals surface area contributed by atoms with Gasteiger partial charge in [-0.3, -0.25) is 0 Å². The first-order valence-corrected chi connectivity index (χ1v) is 9.48. The van der Waals surface area contributed by atoms with Crippen LogP contribution >= 0.6 is 0 Å². The second-order valence-electron chi connectivity index (χ2n) is 6.90. The fourth-order valence-corrected chi connectivity index (χ4v) is 3.67. The van der Waals surface area contributed by atoms with Crippen LogP contribution in [-0.2, 0) is 12.7 Å². The first-order chi connectivity index (χ1) is 14.5. The molecule has 0 saturated heterocycles. The van der Waals surface area contributed by atoms with Gasteiger partial charge in [-0.1, -0.05) is 36.4 Å². The highest BCUT2D eigenvalue weighted by molar-refractivity contribution is 5.88. The van der Waals surface area contributed by atoms with Gasteiger partial charge in [0, 0.05) is 17.5 Å². The topological polar surface area (TPSA) is 45.5 Å². The molecule has 1 aliphatic rings. The minimum Gasteiger partial charge on any atom is -0.491 e. The van der Waals surface area contributed by atoms with Gasteiger partial charge in [0.2, 0.25) is 5.82 Å². The molecule has 4 aromatic rings. The number of benzene rings is 3. The van der Waals surface area contributed by atoms with Gasteiger partial charge >= 0.3 is 6.18 Å². The van der Waals surface area contributed by atoms with Crippen LogP contribution in [0.4, 0.5) is 13.2 Å². The van der Waals surface area contributed by atoms with Crippen LogP contribution in [0.15, 0.2) is 54.6 Å². The lowest BCUT2D eigenvalue weighted by Crippen LogP contribution is -2.18. The normalized spacial score (nSPS) is 13.7. The molecule has 0 atom stereocenters. The zero-order valence-electron chi connectivity index (χ0n) is 15.8. The van der Waals surface area contributed by atoms with Crippen molar-refractivity contribution in [3.05, 3.63) is 60.4 Å². The van der Waals surface area contributed by atoms with Crippen molar-refractivity contribution in [2.75, 3.05) is 19.8 Å². The van der Waals surface area contributed by atoms with Crippen molar-refractivity contribution in [3.63, 3.8) is 0 Å². The van der Waals surface area contributed by atoms with Crippen LogP contribution in [0.25, 0.3) is 21.8 Å². The SMILES string of the molecule is FC(F)(F)c1nc2cc3c(cc2n1CCOc1cccc2ccccc12)OCCO3. The summed E-state index contributed by atoms with van der Waals surface area (Å²) < 4.78 is 58.9. The lowest BCUT2D eigenvalue weighted by atomic mass is 10.1. The second-order valence-corrected chi connectivity index (χ2v) is 6.90. The number of imidazole rings is 1. The summed E-state index contributed by atoms with van der Waals surface area (Å²) in [6.45, 7) is 0.735. The molecule has 0 saturated carbocycles. The number of hydrogen-bond donors (Lipinski definition) is 0. The minimum atomic E-state index is -4.60. The third-order valence-corrected chi connectivity index (χ3v) is 4.99. The van der Waals surface area contributed by atoms with Crippen LogP contribution in [0.1, 0.15) is 5.82 Å². The van der Waals surface area contributed by atoms with E-state index < -0.39 is 12.0 Å². The first kappa shape index (κ1) is 18.6. The maximum atomic E-state index is 13.6. The van der Waals surface area contributed by atoms with Crippen LogP contribution in [-0.4, -0.2) is 29.4 Å². The van der Waals surface area contributed by atoms with E-state index in [1.54, 1.807) is 12.1 Å². The summed E-state index contributed by atoms with van der Waals surface area (Å²) >= 11 is 0. The Balaban J connectivity index is 1.48. The van der Waals surface area contributed by atoms with Gasteiger partial charge in [0.1, 0.15) is 25.6 Å². The molecule has 0 spiro atoms. The van der Waals surface area contributed by atoms with Gasteiger partial charge in [0.25, 0.3) is 0 Å². The largest absolute Gasteiger partial charge is 0.491 e. The molecule has 1 aromatic heterocycles. The van der Waals surface area contributed by atoms with Gasteiger partial charge in [-0.05, 0) is 11.5 Å². The number of hydrogen-bond acceptors (Lipinski definition) is 4. The highest BCUT2D eigenvalue weighted by Crippen LogP contribution is 2.38. The number of aromatic nitrogens is 2. The highest BCUT2D eigenvalue weighted by atomic mass is 19.4. The third kappa shape index (κ3) is 3.28. The standard InChI is InChI=1S/C22H17F3N2O3/c23-22(24,25)21-26-16-12-19-20(30-11-10-29-19)13-17(16)27(21)8-9-28-18-7-3-5-14-4-1-2-6-15(14)18/h1-7,12-13H,8-11H2. The zero-order valence-corrected chi connectivity index (χ0v) is 15.8. The highest BCUT2D eigenvalue weighted by Gasteiger charge is 2.38. The molecule has 2 heterocycles. The van der Waals surface area contributed by atoms with E-state index in [4.69, 9.17) is 14.2 Å². The van der Waals surface area contributed by atoms with E-state index in [0.717, 1.165) is 15.3 Å². The van der Waals surface area contributed by atoms with Gasteiger partial charge in [-0.15, -0.1) is 0 Å². The number of fused-ring (bicyclic) bond motifs is 3. The van der Waals surface area contributed by atoms with Crippen LogP contribution < -0.4 is 14.2 Å². The summed E-state index contributed by atoms with van der Waals surface area (Å²) in [6.07, 6.45) is -4.60. The summed E-state index contributed by atoms with van der Waals surface area (Å²) in [5, 5.41) is 1.91. The zero-order chi connectivity index (χ0) is 20.7. The van der Waals surface area contributed by atoms with Crippen molar-refractivity contribution in [2.45, 2.75) is 12.7 Å². The van der Waals surface area contributed by atoms with E-state index in [1.165, 1.54) is 6.07 Å². The Morgan fingerprint density at radius 2 is 1.70 bits per heavy atom. The Morgan fingerprint density at radius 1 is 0.967 bits per heavy atom. The number of rotatable bonds is 4. The summed E-state index contributed by atoms with van der Waals surface area (Å²) in [4.78, 5) is 3.81. The molecule has 0 N–H and O–H groups in total. The average Bonchev–Trinajstić information content (AvgIpc) is 3.10. The fraction of sp³-hybridized carbons (Fsp3) is 0.227. The summed E-state index contributed by atoms with van der Waals surface area (Å²) in [5.41, 5.74) is 0.532. The monoisotopic (exact) mass is 414 g/mol. The predicted octanol–water partition coefficient (Wildman–Crippen LogP) is 5.06. The van der Waals surface area contributed by atoms with Gasteiger partial charge in [0.15, 0.2) is 11.5 Å². The number of ether oxygens (including phenoxy) is 3. The van der Waals surface area contributed by atoms with E-state index in [0.29, 0.717) is 36.0 Å². The lowest BCUT2D eigenvalue weighted by molar-refractivity contribution is -0.147. The van der Waals surface area contributed by atoms with Gasteiger partial charge in [0.05, 0.1) is 17.6 Å². The van der Waals surface area contributed by atoms with Crippen LogP contribution in [0.3, 0.4) is 0 Å². The molecule has 0 unspecified atom stereocenters. The van der Waals surface area contributed by atoms with Crippen LogP contribution in [0.2, 0.25) is 0 Å². The van der Waals surface area contributed by atoms with Crippen molar-refractivity contribution >= 4 is 21.8 Å². The number of nitrogens with zero attached hydrogens (tertiary/aromatic N) is 2. The smallest absolute Gasteiger partial charge is 0.449 e. The second kappa shape index (κ2) is 7.12. The van der Waals surface area contributed by atoms with Gasteiger partial charge in [-0.2, -0.15) is 13.2 Å². The minimum absolute atomic E-state index is 0.0196. The van der Waals surface area contributed by atoms with Crippen LogP contribution in [0.5, 0.6) is 17.2 Å². The number of halogens is 3. The van der Waals surface area contributed by atoms with Crippen molar-refractivity contribution < 1.29 is 27.4 Å². The molecule has 30 heavy (non-hydrogen) atoms. The van der Waals surface area contributed by atoms with Crippen molar-refractivity contribution in [3.8, 4) is 17.2 Å². The van der Waals surface area contributed by atoms with Crippen LogP contribution in [0, 0.1) is 0 Å². The van der Waals surface area contributed by atoms with Gasteiger partial charge < -0.3 is 18.8 Å². The fourth-order valence-electron chi connectivity index (χ4n) is 3.67. The van der Waals surface area contributed by atoms with E-state index >= 15 is 0 Å². The Kier molecular flexibility index (Phi) is 4.42. The van der Waals surface area contributed by atoms with E-state index in [2.05, 4.69) is 4.98 Å². The predicted molar refractivity (Wildman–Crippen MR) is 105 cm³/mol. The molecular formula is C22H17F3N2O3. The summed E-state index contributed by atoms with van der Waals surface area (Å²) in [7, 11) is 0. The molecule has 1 aliphatic heterocycles. The molecule has 5 rings (SSSR count).